The maximum atomic E-state index is 13.6. The highest BCUT2D eigenvalue weighted by Crippen LogP contribution is 2.37. The van der Waals surface area contributed by atoms with Gasteiger partial charge in [0.2, 0.25) is 5.91 Å². The lowest BCUT2D eigenvalue weighted by atomic mass is 9.86. The topological polar surface area (TPSA) is 80.6 Å². The Balaban J connectivity index is 1.40. The number of carbonyl (C=O) groups is 2. The Bertz CT molecular complexity index is 1280. The molecule has 0 saturated carbocycles. The maximum absolute atomic E-state index is 13.6. The molecule has 2 aliphatic rings. The molecule has 8 nitrogen and oxygen atoms in total. The van der Waals surface area contributed by atoms with Crippen LogP contribution in [0.5, 0.6) is 5.75 Å². The summed E-state index contributed by atoms with van der Waals surface area (Å²) in [7, 11) is 0. The fourth-order valence-electron chi connectivity index (χ4n) is 4.82. The highest BCUT2D eigenvalue weighted by atomic mass is 16.5. The molecular weight excluding hydrogens is 442 g/mol. The summed E-state index contributed by atoms with van der Waals surface area (Å²) < 4.78 is 7.59. The Labute approximate surface area is 205 Å². The van der Waals surface area contributed by atoms with E-state index in [2.05, 4.69) is 25.8 Å². The molecule has 2 aromatic heterocycles. The summed E-state index contributed by atoms with van der Waals surface area (Å²) >= 11 is 0. The van der Waals surface area contributed by atoms with Crippen LogP contribution in [0.3, 0.4) is 0 Å². The molecule has 0 unspecified atom stereocenters. The van der Waals surface area contributed by atoms with Gasteiger partial charge in [0.15, 0.2) is 6.61 Å². The van der Waals surface area contributed by atoms with Gasteiger partial charge in [-0.3, -0.25) is 19.1 Å². The number of benzene rings is 1. The minimum Gasteiger partial charge on any atom is -0.482 e. The second kappa shape index (κ2) is 8.83. The summed E-state index contributed by atoms with van der Waals surface area (Å²) in [6.45, 7) is 8.87. The lowest BCUT2D eigenvalue weighted by Gasteiger charge is -2.33. The summed E-state index contributed by atoms with van der Waals surface area (Å²) in [4.78, 5) is 39.0. The van der Waals surface area contributed by atoms with Crippen molar-refractivity contribution in [2.24, 2.45) is 0 Å². The first-order valence-electron chi connectivity index (χ1n) is 12.1. The van der Waals surface area contributed by atoms with Gasteiger partial charge in [-0.05, 0) is 55.0 Å². The van der Waals surface area contributed by atoms with Crippen molar-refractivity contribution in [3.8, 4) is 11.6 Å². The normalized spacial score (nSPS) is 17.9. The number of aromatic nitrogens is 3. The highest BCUT2D eigenvalue weighted by Gasteiger charge is 2.35. The molecule has 1 saturated heterocycles. The molecule has 1 atom stereocenters. The van der Waals surface area contributed by atoms with Gasteiger partial charge in [0.1, 0.15) is 23.9 Å². The molecule has 0 spiro atoms. The SMILES string of the molecule is Cc1nccn1-c1cccc([C@@H]2CCCN2C(=O)CN2C(=O)COc3ccc(C(C)(C)C)cc32)n1. The zero-order valence-electron chi connectivity index (χ0n) is 20.7. The number of aryl methyl sites for hydroxylation is 1. The number of rotatable bonds is 4. The molecule has 35 heavy (non-hydrogen) atoms. The van der Waals surface area contributed by atoms with E-state index in [0.717, 1.165) is 35.7 Å². The van der Waals surface area contributed by atoms with Crippen LogP contribution in [0.4, 0.5) is 5.69 Å². The molecule has 0 radical (unpaired) electrons. The third-order valence-electron chi connectivity index (χ3n) is 6.80. The Kier molecular flexibility index (Phi) is 5.83. The van der Waals surface area contributed by atoms with E-state index in [1.54, 1.807) is 11.1 Å². The van der Waals surface area contributed by atoms with Crippen molar-refractivity contribution in [1.82, 2.24) is 19.4 Å². The number of hydrogen-bond acceptors (Lipinski definition) is 5. The largest absolute Gasteiger partial charge is 0.482 e. The first kappa shape index (κ1) is 23.1. The maximum Gasteiger partial charge on any atom is 0.265 e. The molecule has 0 aliphatic carbocycles. The second-order valence-corrected chi connectivity index (χ2v) is 10.2. The Morgan fingerprint density at radius 3 is 2.77 bits per heavy atom. The van der Waals surface area contributed by atoms with Crippen LogP contribution in [0.2, 0.25) is 0 Å². The number of likely N-dealkylation sites (tertiary alicyclic amines) is 1. The Morgan fingerprint density at radius 1 is 1.20 bits per heavy atom. The molecule has 0 N–H and O–H groups in total. The zero-order valence-corrected chi connectivity index (χ0v) is 20.7. The van der Waals surface area contributed by atoms with E-state index in [9.17, 15) is 9.59 Å². The fraction of sp³-hybridized carbons (Fsp3) is 0.407. The van der Waals surface area contributed by atoms with Crippen LogP contribution < -0.4 is 9.64 Å². The van der Waals surface area contributed by atoms with Crippen LogP contribution >= 0.6 is 0 Å². The molecule has 1 aromatic carbocycles. The first-order valence-corrected chi connectivity index (χ1v) is 12.1. The number of imidazole rings is 1. The first-order chi connectivity index (χ1) is 16.7. The number of anilines is 1. The van der Waals surface area contributed by atoms with Gasteiger partial charge in [0.05, 0.1) is 17.4 Å². The number of pyridine rings is 1. The van der Waals surface area contributed by atoms with Gasteiger partial charge in [-0.15, -0.1) is 0 Å². The zero-order chi connectivity index (χ0) is 24.7. The Morgan fingerprint density at radius 2 is 2.03 bits per heavy atom. The third kappa shape index (κ3) is 4.40. The number of ether oxygens (including phenoxy) is 1. The number of fused-ring (bicyclic) bond motifs is 1. The number of carbonyl (C=O) groups excluding carboxylic acids is 2. The molecule has 182 valence electrons. The van der Waals surface area contributed by atoms with Gasteiger partial charge in [0, 0.05) is 18.9 Å². The number of amides is 2. The fourth-order valence-corrected chi connectivity index (χ4v) is 4.82. The predicted octanol–water partition coefficient (Wildman–Crippen LogP) is 3.96. The van der Waals surface area contributed by atoms with E-state index in [0.29, 0.717) is 18.0 Å². The standard InChI is InChI=1S/C27H31N5O3/c1-18-28-12-14-30(18)24-9-5-7-20(29-24)21-8-6-13-31(21)25(33)16-32-22-15-19(27(2,3)4)10-11-23(22)35-17-26(32)34/h5,7,9-12,14-15,21H,6,8,13,16-17H2,1-4H3/t21-/m0/s1. The third-order valence-corrected chi connectivity index (χ3v) is 6.80. The highest BCUT2D eigenvalue weighted by molar-refractivity contribution is 6.02. The molecule has 4 heterocycles. The van der Waals surface area contributed by atoms with Crippen molar-refractivity contribution in [3.63, 3.8) is 0 Å². The van der Waals surface area contributed by atoms with E-state index in [1.807, 2.05) is 59.0 Å². The molecule has 3 aromatic rings. The van der Waals surface area contributed by atoms with E-state index in [1.165, 1.54) is 0 Å². The average Bonchev–Trinajstić information content (AvgIpc) is 3.49. The molecule has 2 aliphatic heterocycles. The van der Waals surface area contributed by atoms with Gasteiger partial charge in [0.25, 0.3) is 5.91 Å². The van der Waals surface area contributed by atoms with Gasteiger partial charge < -0.3 is 9.64 Å². The van der Waals surface area contributed by atoms with Gasteiger partial charge in [-0.25, -0.2) is 9.97 Å². The predicted molar refractivity (Wildman–Crippen MR) is 133 cm³/mol. The van der Waals surface area contributed by atoms with Crippen LogP contribution in [0.1, 0.15) is 56.7 Å². The molecule has 0 bridgehead atoms. The van der Waals surface area contributed by atoms with Gasteiger partial charge >= 0.3 is 0 Å². The minimum atomic E-state index is -0.205. The molecule has 5 rings (SSSR count). The summed E-state index contributed by atoms with van der Waals surface area (Å²) in [5, 5.41) is 0. The van der Waals surface area contributed by atoms with Crippen molar-refractivity contribution >= 4 is 17.5 Å². The minimum absolute atomic E-state index is 0.0143. The van der Waals surface area contributed by atoms with Gasteiger partial charge in [-0.1, -0.05) is 32.9 Å². The van der Waals surface area contributed by atoms with Crippen LogP contribution in [-0.2, 0) is 15.0 Å². The van der Waals surface area contributed by atoms with E-state index < -0.39 is 0 Å². The smallest absolute Gasteiger partial charge is 0.265 e. The monoisotopic (exact) mass is 473 g/mol. The summed E-state index contributed by atoms with van der Waals surface area (Å²) in [5.74, 6) is 1.98. The lowest BCUT2D eigenvalue weighted by molar-refractivity contribution is -0.132. The van der Waals surface area contributed by atoms with Crippen molar-refractivity contribution in [3.05, 3.63) is 65.9 Å². The lowest BCUT2D eigenvalue weighted by Crippen LogP contribution is -2.46. The van der Waals surface area contributed by atoms with Crippen LogP contribution in [0.15, 0.2) is 48.8 Å². The second-order valence-electron chi connectivity index (χ2n) is 10.2. The Hall–Kier alpha value is -3.68. The van der Waals surface area contributed by atoms with Crippen LogP contribution in [-0.4, -0.2) is 50.9 Å². The van der Waals surface area contributed by atoms with Gasteiger partial charge in [-0.2, -0.15) is 0 Å². The van der Waals surface area contributed by atoms with Crippen molar-refractivity contribution in [2.75, 3.05) is 24.6 Å². The van der Waals surface area contributed by atoms with E-state index >= 15 is 0 Å². The summed E-state index contributed by atoms with van der Waals surface area (Å²) in [6, 6.07) is 11.6. The van der Waals surface area contributed by atoms with E-state index in [4.69, 9.17) is 9.72 Å². The number of nitrogens with zero attached hydrogens (tertiary/aromatic N) is 5. The number of hydrogen-bond donors (Lipinski definition) is 0. The van der Waals surface area contributed by atoms with Crippen molar-refractivity contribution in [2.45, 2.75) is 52.0 Å². The summed E-state index contributed by atoms with van der Waals surface area (Å²) in [5.41, 5.74) is 2.51. The van der Waals surface area contributed by atoms with Crippen LogP contribution in [0, 0.1) is 6.92 Å². The summed E-state index contributed by atoms with van der Waals surface area (Å²) in [6.07, 6.45) is 5.37. The molecule has 8 heteroatoms. The van der Waals surface area contributed by atoms with Crippen LogP contribution in [0.25, 0.3) is 5.82 Å². The molecule has 1 fully saturated rings. The average molecular weight is 474 g/mol. The van der Waals surface area contributed by atoms with Crippen molar-refractivity contribution < 1.29 is 14.3 Å². The quantitative estimate of drug-likeness (QED) is 0.573. The molecular formula is C27H31N5O3. The molecule has 2 amide bonds. The van der Waals surface area contributed by atoms with Crippen molar-refractivity contribution in [1.29, 1.82) is 0 Å². The van der Waals surface area contributed by atoms with E-state index in [-0.39, 0.29) is 36.4 Å².